The minimum Gasteiger partial charge on any atom is -0.388 e. The van der Waals surface area contributed by atoms with Crippen LogP contribution in [0, 0.1) is 5.92 Å². The Morgan fingerprint density at radius 2 is 2.11 bits per heavy atom. The number of hydrogen-bond acceptors (Lipinski definition) is 2. The highest BCUT2D eigenvalue weighted by Gasteiger charge is 2.07. The van der Waals surface area contributed by atoms with E-state index in [1.807, 2.05) is 0 Å². The molecule has 0 aliphatic heterocycles. The Bertz CT molecular complexity index is 107. The fraction of sp³-hybridized carbons (Fsp3) is 0.571. The Morgan fingerprint density at radius 1 is 1.56 bits per heavy atom. The van der Waals surface area contributed by atoms with Gasteiger partial charge in [0.25, 0.3) is 0 Å². The predicted octanol–water partition coefficient (Wildman–Crippen LogP) is 0.758. The van der Waals surface area contributed by atoms with Gasteiger partial charge >= 0.3 is 0 Å². The van der Waals surface area contributed by atoms with Gasteiger partial charge in [-0.05, 0) is 6.92 Å². The number of carbonyl (C=O) groups excluding carboxylic acids is 1. The fourth-order valence-corrected chi connectivity index (χ4v) is 0.453. The summed E-state index contributed by atoms with van der Waals surface area (Å²) in [4.78, 5) is 10.0. The molecule has 0 spiro atoms. The van der Waals surface area contributed by atoms with Gasteiger partial charge < -0.3 is 9.90 Å². The molecule has 1 N–H and O–H groups in total. The monoisotopic (exact) mass is 128 g/mol. The smallest absolute Gasteiger partial charge is 0.125 e. The Labute approximate surface area is 55.2 Å². The second-order valence-corrected chi connectivity index (χ2v) is 2.01. The zero-order valence-corrected chi connectivity index (χ0v) is 5.74. The summed E-state index contributed by atoms with van der Waals surface area (Å²) in [5.41, 5.74) is 0. The first-order chi connectivity index (χ1) is 4.22. The molecular formula is C7H12O2. The molecule has 0 saturated heterocycles. The standard InChI is InChI=1S/C7H12O2/c1-3-4-7(9)6(2)5-8/h3-7,9H,1-2H3/b4-3+/t6-,7-/m0/s1. The van der Waals surface area contributed by atoms with E-state index >= 15 is 0 Å². The van der Waals surface area contributed by atoms with E-state index in [0.717, 1.165) is 6.29 Å². The molecule has 0 unspecified atom stereocenters. The van der Waals surface area contributed by atoms with Crippen LogP contribution in [0.2, 0.25) is 0 Å². The van der Waals surface area contributed by atoms with Crippen molar-refractivity contribution in [2.75, 3.05) is 0 Å². The lowest BCUT2D eigenvalue weighted by Gasteiger charge is -2.05. The molecule has 0 amide bonds. The van der Waals surface area contributed by atoms with E-state index in [9.17, 15) is 4.79 Å². The van der Waals surface area contributed by atoms with Crippen LogP contribution >= 0.6 is 0 Å². The van der Waals surface area contributed by atoms with Crippen LogP contribution in [-0.4, -0.2) is 17.5 Å². The fourth-order valence-electron chi connectivity index (χ4n) is 0.453. The lowest BCUT2D eigenvalue weighted by molar-refractivity contribution is -0.112. The van der Waals surface area contributed by atoms with Gasteiger partial charge in [0.15, 0.2) is 0 Å². The van der Waals surface area contributed by atoms with Crippen LogP contribution in [-0.2, 0) is 4.79 Å². The van der Waals surface area contributed by atoms with Crippen LogP contribution in [0.5, 0.6) is 0 Å². The van der Waals surface area contributed by atoms with Crippen molar-refractivity contribution in [2.45, 2.75) is 20.0 Å². The SMILES string of the molecule is C/C=C/[C@H](O)[C@@H](C)C=O. The van der Waals surface area contributed by atoms with Crippen molar-refractivity contribution in [3.05, 3.63) is 12.2 Å². The number of allylic oxidation sites excluding steroid dienone is 1. The van der Waals surface area contributed by atoms with Gasteiger partial charge in [0.2, 0.25) is 0 Å². The van der Waals surface area contributed by atoms with Crippen molar-refractivity contribution in [1.82, 2.24) is 0 Å². The summed E-state index contributed by atoms with van der Waals surface area (Å²) in [6.07, 6.45) is 3.45. The van der Waals surface area contributed by atoms with Gasteiger partial charge in [-0.2, -0.15) is 0 Å². The Hall–Kier alpha value is -0.630. The maximum Gasteiger partial charge on any atom is 0.125 e. The van der Waals surface area contributed by atoms with E-state index in [4.69, 9.17) is 5.11 Å². The van der Waals surface area contributed by atoms with Gasteiger partial charge in [0, 0.05) is 5.92 Å². The van der Waals surface area contributed by atoms with Gasteiger partial charge in [0.1, 0.15) is 6.29 Å². The highest BCUT2D eigenvalue weighted by Crippen LogP contribution is 1.99. The summed E-state index contributed by atoms with van der Waals surface area (Å²) in [6, 6.07) is 0. The Balaban J connectivity index is 3.71. The lowest BCUT2D eigenvalue weighted by Crippen LogP contribution is -2.15. The molecule has 0 aliphatic carbocycles. The summed E-state index contributed by atoms with van der Waals surface area (Å²) in [5, 5.41) is 9.00. The number of aliphatic hydroxyl groups is 1. The van der Waals surface area contributed by atoms with Crippen LogP contribution in [0.25, 0.3) is 0 Å². The molecule has 52 valence electrons. The van der Waals surface area contributed by atoms with Crippen LogP contribution in [0.3, 0.4) is 0 Å². The largest absolute Gasteiger partial charge is 0.388 e. The maximum atomic E-state index is 10.0. The average Bonchev–Trinajstić information content (AvgIpc) is 1.87. The van der Waals surface area contributed by atoms with Crippen molar-refractivity contribution in [2.24, 2.45) is 5.92 Å². The van der Waals surface area contributed by atoms with Gasteiger partial charge in [-0.25, -0.2) is 0 Å². The Kier molecular flexibility index (Phi) is 3.97. The highest BCUT2D eigenvalue weighted by molar-refractivity contribution is 5.54. The third kappa shape index (κ3) is 3.03. The molecule has 2 nitrogen and oxygen atoms in total. The number of aldehydes is 1. The molecule has 2 heteroatoms. The van der Waals surface area contributed by atoms with E-state index in [0.29, 0.717) is 0 Å². The summed E-state index contributed by atoms with van der Waals surface area (Å²) in [5.74, 6) is -0.291. The second-order valence-electron chi connectivity index (χ2n) is 2.01. The molecule has 0 aliphatic rings. The summed E-state index contributed by atoms with van der Waals surface area (Å²) in [7, 11) is 0. The molecule has 0 aromatic carbocycles. The third-order valence-electron chi connectivity index (χ3n) is 1.14. The Morgan fingerprint density at radius 3 is 2.44 bits per heavy atom. The topological polar surface area (TPSA) is 37.3 Å². The first-order valence-corrected chi connectivity index (χ1v) is 2.98. The van der Waals surface area contributed by atoms with Gasteiger partial charge in [-0.15, -0.1) is 0 Å². The average molecular weight is 128 g/mol. The van der Waals surface area contributed by atoms with Crippen LogP contribution < -0.4 is 0 Å². The van der Waals surface area contributed by atoms with E-state index in [1.165, 1.54) is 0 Å². The number of aliphatic hydroxyl groups excluding tert-OH is 1. The van der Waals surface area contributed by atoms with Crippen LogP contribution in [0.15, 0.2) is 12.2 Å². The molecule has 9 heavy (non-hydrogen) atoms. The van der Waals surface area contributed by atoms with Crippen molar-refractivity contribution in [3.8, 4) is 0 Å². The van der Waals surface area contributed by atoms with Crippen molar-refractivity contribution in [3.63, 3.8) is 0 Å². The molecule has 2 atom stereocenters. The molecule has 0 bridgehead atoms. The van der Waals surface area contributed by atoms with E-state index < -0.39 is 6.10 Å². The second kappa shape index (κ2) is 4.27. The number of hydrogen-bond donors (Lipinski definition) is 1. The first kappa shape index (κ1) is 8.37. The van der Waals surface area contributed by atoms with Crippen molar-refractivity contribution in [1.29, 1.82) is 0 Å². The molecule has 0 heterocycles. The van der Waals surface area contributed by atoms with E-state index in [1.54, 1.807) is 26.0 Å². The minimum absolute atomic E-state index is 0.291. The zero-order valence-electron chi connectivity index (χ0n) is 5.74. The van der Waals surface area contributed by atoms with Crippen LogP contribution in [0.4, 0.5) is 0 Å². The molecular weight excluding hydrogens is 116 g/mol. The van der Waals surface area contributed by atoms with Gasteiger partial charge in [-0.1, -0.05) is 19.1 Å². The maximum absolute atomic E-state index is 10.0. The lowest BCUT2D eigenvalue weighted by atomic mass is 10.1. The van der Waals surface area contributed by atoms with Crippen LogP contribution in [0.1, 0.15) is 13.8 Å². The third-order valence-corrected chi connectivity index (χ3v) is 1.14. The quantitative estimate of drug-likeness (QED) is 0.450. The van der Waals surface area contributed by atoms with Gasteiger partial charge in [-0.3, -0.25) is 0 Å². The first-order valence-electron chi connectivity index (χ1n) is 2.98. The normalized spacial score (nSPS) is 17.7. The molecule has 0 fully saturated rings. The summed E-state index contributed by atoms with van der Waals surface area (Å²) < 4.78 is 0. The molecule has 0 saturated carbocycles. The van der Waals surface area contributed by atoms with E-state index in [-0.39, 0.29) is 5.92 Å². The summed E-state index contributed by atoms with van der Waals surface area (Å²) >= 11 is 0. The minimum atomic E-state index is -0.618. The van der Waals surface area contributed by atoms with Gasteiger partial charge in [0.05, 0.1) is 6.10 Å². The molecule has 0 rings (SSSR count). The highest BCUT2D eigenvalue weighted by atomic mass is 16.3. The predicted molar refractivity (Wildman–Crippen MR) is 36.0 cm³/mol. The molecule has 0 radical (unpaired) electrons. The molecule has 0 aromatic rings. The van der Waals surface area contributed by atoms with Crippen molar-refractivity contribution < 1.29 is 9.90 Å². The number of rotatable bonds is 3. The summed E-state index contributed by atoms with van der Waals surface area (Å²) in [6.45, 7) is 3.48. The van der Waals surface area contributed by atoms with E-state index in [2.05, 4.69) is 0 Å². The number of carbonyl (C=O) groups is 1. The van der Waals surface area contributed by atoms with Crippen molar-refractivity contribution >= 4 is 6.29 Å². The molecule has 0 aromatic heterocycles. The zero-order chi connectivity index (χ0) is 7.28.